The fourth-order valence-electron chi connectivity index (χ4n) is 1.33. The summed E-state index contributed by atoms with van der Waals surface area (Å²) in [5.41, 5.74) is 0.917. The number of hydrogen-bond acceptors (Lipinski definition) is 4. The van der Waals surface area contributed by atoms with Crippen molar-refractivity contribution in [2.24, 2.45) is 0 Å². The van der Waals surface area contributed by atoms with Gasteiger partial charge in [0.15, 0.2) is 11.5 Å². The summed E-state index contributed by atoms with van der Waals surface area (Å²) in [5, 5.41) is 8.82. The highest BCUT2D eigenvalue weighted by atomic mass is 16.5. The summed E-state index contributed by atoms with van der Waals surface area (Å²) in [6, 6.07) is 5.31. The van der Waals surface area contributed by atoms with Crippen molar-refractivity contribution < 1.29 is 14.2 Å². The van der Waals surface area contributed by atoms with Crippen LogP contribution in [0.1, 0.15) is 5.56 Å². The van der Waals surface area contributed by atoms with Crippen LogP contribution in [0.15, 0.2) is 18.7 Å². The van der Waals surface area contributed by atoms with Crippen LogP contribution in [0.3, 0.4) is 0 Å². The van der Waals surface area contributed by atoms with Crippen molar-refractivity contribution in [2.45, 2.75) is 0 Å². The first-order chi connectivity index (χ1) is 7.67. The smallest absolute Gasteiger partial charge is 0.164 e. The molecule has 0 fully saturated rings. The van der Waals surface area contributed by atoms with Gasteiger partial charge in [-0.1, -0.05) is 6.58 Å². The summed E-state index contributed by atoms with van der Waals surface area (Å²) in [7, 11) is 4.59. The van der Waals surface area contributed by atoms with Gasteiger partial charge < -0.3 is 14.2 Å². The molecular formula is C12H13NO3. The number of rotatable bonds is 4. The highest BCUT2D eigenvalue weighted by Crippen LogP contribution is 2.37. The number of hydrogen-bond donors (Lipinski definition) is 0. The van der Waals surface area contributed by atoms with E-state index < -0.39 is 0 Å². The van der Waals surface area contributed by atoms with E-state index in [-0.39, 0.29) is 0 Å². The third-order valence-electron chi connectivity index (χ3n) is 2.17. The van der Waals surface area contributed by atoms with Gasteiger partial charge in [-0.05, 0) is 6.07 Å². The first-order valence-corrected chi connectivity index (χ1v) is 4.57. The van der Waals surface area contributed by atoms with Crippen molar-refractivity contribution in [3.8, 4) is 23.3 Å². The molecule has 0 saturated carbocycles. The van der Waals surface area contributed by atoms with Crippen molar-refractivity contribution in [3.05, 3.63) is 24.3 Å². The quantitative estimate of drug-likeness (QED) is 0.729. The predicted octanol–water partition coefficient (Wildman–Crippen LogP) is 2.25. The standard InChI is InChI=1S/C12H13NO3/c1-8(7-13)9-5-11(15-3)12(16-4)6-10(9)14-2/h5-6H,1H2,2-4H3. The Bertz CT molecular complexity index is 446. The Labute approximate surface area is 94.7 Å². The lowest BCUT2D eigenvalue weighted by Crippen LogP contribution is -1.96. The monoisotopic (exact) mass is 219 g/mol. The van der Waals surface area contributed by atoms with Crippen LogP contribution in [0, 0.1) is 11.3 Å². The summed E-state index contributed by atoms with van der Waals surface area (Å²) in [6.45, 7) is 3.65. The highest BCUT2D eigenvalue weighted by molar-refractivity contribution is 5.80. The predicted molar refractivity (Wildman–Crippen MR) is 60.7 cm³/mol. The molecule has 0 amide bonds. The van der Waals surface area contributed by atoms with Crippen LogP contribution < -0.4 is 14.2 Å². The molecular weight excluding hydrogens is 206 g/mol. The minimum absolute atomic E-state index is 0.317. The number of allylic oxidation sites excluding steroid dienone is 1. The number of benzene rings is 1. The number of ether oxygens (including phenoxy) is 3. The third kappa shape index (κ3) is 2.09. The zero-order chi connectivity index (χ0) is 12.1. The normalized spacial score (nSPS) is 9.12. The minimum atomic E-state index is 0.317. The third-order valence-corrected chi connectivity index (χ3v) is 2.17. The van der Waals surface area contributed by atoms with E-state index in [4.69, 9.17) is 19.5 Å². The molecule has 0 bridgehead atoms. The molecule has 0 N–H and O–H groups in total. The van der Waals surface area contributed by atoms with E-state index in [0.717, 1.165) is 0 Å². The first kappa shape index (κ1) is 11.9. The van der Waals surface area contributed by atoms with E-state index in [1.54, 1.807) is 12.1 Å². The molecule has 4 heteroatoms. The Morgan fingerprint density at radius 1 is 1.06 bits per heavy atom. The summed E-state index contributed by atoms with van der Waals surface area (Å²) in [5.74, 6) is 1.62. The van der Waals surface area contributed by atoms with Gasteiger partial charge in [0, 0.05) is 11.6 Å². The van der Waals surface area contributed by atoms with Gasteiger partial charge in [0.05, 0.1) is 33.0 Å². The van der Waals surface area contributed by atoms with E-state index in [1.165, 1.54) is 21.3 Å². The molecule has 0 aliphatic carbocycles. The van der Waals surface area contributed by atoms with E-state index in [1.807, 2.05) is 6.07 Å². The van der Waals surface area contributed by atoms with Crippen LogP contribution in [-0.2, 0) is 0 Å². The molecule has 1 aromatic rings. The molecule has 0 saturated heterocycles. The fraction of sp³-hybridized carbons (Fsp3) is 0.250. The number of methoxy groups -OCH3 is 3. The van der Waals surface area contributed by atoms with Crippen LogP contribution in [0.5, 0.6) is 17.2 Å². The molecule has 0 spiro atoms. The van der Waals surface area contributed by atoms with Crippen LogP contribution in [0.2, 0.25) is 0 Å². The first-order valence-electron chi connectivity index (χ1n) is 4.57. The number of nitrogens with zero attached hydrogens (tertiary/aromatic N) is 1. The molecule has 0 radical (unpaired) electrons. The van der Waals surface area contributed by atoms with Crippen molar-refractivity contribution in [1.29, 1.82) is 5.26 Å². The van der Waals surface area contributed by atoms with Gasteiger partial charge in [0.1, 0.15) is 5.75 Å². The lowest BCUT2D eigenvalue weighted by Gasteiger charge is -2.12. The van der Waals surface area contributed by atoms with Crippen molar-refractivity contribution >= 4 is 5.57 Å². The maximum absolute atomic E-state index is 8.82. The fourth-order valence-corrected chi connectivity index (χ4v) is 1.33. The molecule has 84 valence electrons. The van der Waals surface area contributed by atoms with Crippen LogP contribution >= 0.6 is 0 Å². The van der Waals surface area contributed by atoms with E-state index >= 15 is 0 Å². The lowest BCUT2D eigenvalue weighted by molar-refractivity contribution is 0.348. The minimum Gasteiger partial charge on any atom is -0.496 e. The maximum atomic E-state index is 8.82. The average molecular weight is 219 g/mol. The highest BCUT2D eigenvalue weighted by Gasteiger charge is 2.13. The largest absolute Gasteiger partial charge is 0.496 e. The van der Waals surface area contributed by atoms with Gasteiger partial charge in [0.25, 0.3) is 0 Å². The van der Waals surface area contributed by atoms with Crippen LogP contribution in [-0.4, -0.2) is 21.3 Å². The lowest BCUT2D eigenvalue weighted by atomic mass is 10.1. The second-order valence-corrected chi connectivity index (χ2v) is 3.00. The van der Waals surface area contributed by atoms with Gasteiger partial charge in [-0.2, -0.15) is 5.26 Å². The van der Waals surface area contributed by atoms with Crippen molar-refractivity contribution in [1.82, 2.24) is 0 Å². The summed E-state index contributed by atoms with van der Waals surface area (Å²) in [6.07, 6.45) is 0. The molecule has 0 atom stereocenters. The zero-order valence-corrected chi connectivity index (χ0v) is 9.53. The van der Waals surface area contributed by atoms with Crippen LogP contribution in [0.25, 0.3) is 5.57 Å². The molecule has 0 aliphatic heterocycles. The van der Waals surface area contributed by atoms with Gasteiger partial charge >= 0.3 is 0 Å². The van der Waals surface area contributed by atoms with Gasteiger partial charge in [-0.15, -0.1) is 0 Å². The Hall–Kier alpha value is -2.15. The molecule has 1 rings (SSSR count). The SMILES string of the molecule is C=C(C#N)c1cc(OC)c(OC)cc1OC. The van der Waals surface area contributed by atoms with E-state index in [2.05, 4.69) is 6.58 Å². The van der Waals surface area contributed by atoms with Gasteiger partial charge in [-0.3, -0.25) is 0 Å². The maximum Gasteiger partial charge on any atom is 0.164 e. The zero-order valence-electron chi connectivity index (χ0n) is 9.53. The van der Waals surface area contributed by atoms with Crippen LogP contribution in [0.4, 0.5) is 0 Å². The Balaban J connectivity index is 3.38. The molecule has 16 heavy (non-hydrogen) atoms. The Kier molecular flexibility index (Phi) is 3.78. The molecule has 0 heterocycles. The summed E-state index contributed by atoms with van der Waals surface area (Å²) >= 11 is 0. The second kappa shape index (κ2) is 5.08. The molecule has 1 aromatic carbocycles. The topological polar surface area (TPSA) is 51.5 Å². The molecule has 4 nitrogen and oxygen atoms in total. The van der Waals surface area contributed by atoms with E-state index in [0.29, 0.717) is 28.4 Å². The molecule has 0 aromatic heterocycles. The average Bonchev–Trinajstić information content (AvgIpc) is 2.35. The Morgan fingerprint density at radius 3 is 2.00 bits per heavy atom. The van der Waals surface area contributed by atoms with Crippen molar-refractivity contribution in [3.63, 3.8) is 0 Å². The number of nitriles is 1. The van der Waals surface area contributed by atoms with Gasteiger partial charge in [0.2, 0.25) is 0 Å². The van der Waals surface area contributed by atoms with E-state index in [9.17, 15) is 0 Å². The molecule has 0 aliphatic rings. The Morgan fingerprint density at radius 2 is 1.56 bits per heavy atom. The summed E-state index contributed by atoms with van der Waals surface area (Å²) in [4.78, 5) is 0. The van der Waals surface area contributed by atoms with Gasteiger partial charge in [-0.25, -0.2) is 0 Å². The molecule has 0 unspecified atom stereocenters. The van der Waals surface area contributed by atoms with Crippen molar-refractivity contribution in [2.75, 3.05) is 21.3 Å². The summed E-state index contributed by atoms with van der Waals surface area (Å²) < 4.78 is 15.4. The second-order valence-electron chi connectivity index (χ2n) is 3.00.